The Hall–Kier alpha value is -2.63. The summed E-state index contributed by atoms with van der Waals surface area (Å²) < 4.78 is 0. The van der Waals surface area contributed by atoms with Crippen LogP contribution < -0.4 is 0 Å². The minimum atomic E-state index is -0.422. The number of carbonyl (C=O) groups excluding carboxylic acids is 1. The fourth-order valence-corrected chi connectivity index (χ4v) is 3.99. The minimum absolute atomic E-state index is 0.315. The van der Waals surface area contributed by atoms with Gasteiger partial charge in [0.1, 0.15) is 6.29 Å². The molecule has 2 bridgehead atoms. The fourth-order valence-electron chi connectivity index (χ4n) is 3.99. The largest absolute Gasteiger partial charge is 0.302 e. The molecule has 24 heavy (non-hydrogen) atoms. The molecule has 4 rings (SSSR count). The highest BCUT2D eigenvalue weighted by atomic mass is 16.1. The Morgan fingerprint density at radius 3 is 2.12 bits per heavy atom. The number of hydrogen-bond acceptors (Lipinski definition) is 1. The average Bonchev–Trinajstić information content (AvgIpc) is 3.22. The van der Waals surface area contributed by atoms with Gasteiger partial charge in [-0.2, -0.15) is 0 Å². The van der Waals surface area contributed by atoms with Crippen LogP contribution in [0.4, 0.5) is 0 Å². The second-order valence-electron chi connectivity index (χ2n) is 6.88. The second-order valence-corrected chi connectivity index (χ2v) is 6.88. The summed E-state index contributed by atoms with van der Waals surface area (Å²) in [5.41, 5.74) is 7.72. The minimum Gasteiger partial charge on any atom is -0.302 e. The topological polar surface area (TPSA) is 17.1 Å². The Kier molecular flexibility index (Phi) is 3.59. The van der Waals surface area contributed by atoms with E-state index in [1.54, 1.807) is 0 Å². The number of rotatable bonds is 3. The summed E-state index contributed by atoms with van der Waals surface area (Å²) >= 11 is 0. The Balaban J connectivity index is 1.99. The molecule has 0 saturated heterocycles. The molecule has 3 atom stereocenters. The summed E-state index contributed by atoms with van der Waals surface area (Å²) in [6, 6.07) is 20.7. The highest BCUT2D eigenvalue weighted by Crippen LogP contribution is 2.54. The van der Waals surface area contributed by atoms with Crippen LogP contribution in [-0.4, -0.2) is 6.29 Å². The van der Waals surface area contributed by atoms with Gasteiger partial charge < -0.3 is 4.79 Å². The highest BCUT2D eigenvalue weighted by molar-refractivity contribution is 5.81. The predicted molar refractivity (Wildman–Crippen MR) is 97.3 cm³/mol. The first-order valence-electron chi connectivity index (χ1n) is 8.49. The maximum atomic E-state index is 11.9. The van der Waals surface area contributed by atoms with Gasteiger partial charge in [-0.05, 0) is 36.0 Å². The van der Waals surface area contributed by atoms with Gasteiger partial charge in [0.15, 0.2) is 0 Å². The van der Waals surface area contributed by atoms with Gasteiger partial charge in [-0.1, -0.05) is 72.8 Å². The van der Waals surface area contributed by atoms with Crippen LogP contribution in [0.1, 0.15) is 24.5 Å². The van der Waals surface area contributed by atoms with Crippen LogP contribution in [0.5, 0.6) is 0 Å². The molecule has 1 nitrogen and oxygen atoms in total. The molecule has 1 heteroatoms. The zero-order valence-corrected chi connectivity index (χ0v) is 13.8. The van der Waals surface area contributed by atoms with E-state index in [4.69, 9.17) is 0 Å². The van der Waals surface area contributed by atoms with Crippen molar-refractivity contribution in [3.05, 3.63) is 95.2 Å². The number of carbonyl (C=O) groups is 1. The number of aldehydes is 1. The van der Waals surface area contributed by atoms with Crippen molar-refractivity contribution in [1.82, 2.24) is 0 Å². The molecule has 0 aromatic heterocycles. The molecule has 118 valence electrons. The van der Waals surface area contributed by atoms with Gasteiger partial charge in [-0.15, -0.1) is 5.73 Å². The summed E-state index contributed by atoms with van der Waals surface area (Å²) in [5, 5.41) is 0. The number of benzene rings is 2. The van der Waals surface area contributed by atoms with Gasteiger partial charge >= 0.3 is 0 Å². The summed E-state index contributed by atoms with van der Waals surface area (Å²) in [7, 11) is 0. The van der Waals surface area contributed by atoms with Crippen LogP contribution >= 0.6 is 0 Å². The van der Waals surface area contributed by atoms with Crippen molar-refractivity contribution in [3.63, 3.8) is 0 Å². The molecule has 2 aliphatic rings. The maximum Gasteiger partial charge on any atom is 0.131 e. The molecule has 0 aliphatic heterocycles. The van der Waals surface area contributed by atoms with E-state index in [1.807, 2.05) is 36.4 Å². The zero-order valence-electron chi connectivity index (χ0n) is 13.8. The summed E-state index contributed by atoms with van der Waals surface area (Å²) in [6.45, 7) is 2.06. The van der Waals surface area contributed by atoms with Crippen LogP contribution in [-0.2, 0) is 4.79 Å². The van der Waals surface area contributed by atoms with E-state index in [-0.39, 0.29) is 0 Å². The molecule has 2 aliphatic carbocycles. The van der Waals surface area contributed by atoms with Crippen molar-refractivity contribution >= 4 is 11.9 Å². The molecule has 0 N–H and O–H groups in total. The van der Waals surface area contributed by atoms with Gasteiger partial charge in [0.05, 0.1) is 5.41 Å². The third-order valence-electron chi connectivity index (χ3n) is 5.43. The van der Waals surface area contributed by atoms with E-state index in [2.05, 4.69) is 49.1 Å². The molecule has 2 aromatic carbocycles. The Morgan fingerprint density at radius 1 is 1.00 bits per heavy atom. The molecule has 0 heterocycles. The van der Waals surface area contributed by atoms with Gasteiger partial charge in [-0.3, -0.25) is 0 Å². The third-order valence-corrected chi connectivity index (χ3v) is 5.43. The number of fused-ring (bicyclic) bond motifs is 2. The normalized spacial score (nSPS) is 27.1. The van der Waals surface area contributed by atoms with Crippen LogP contribution in [0.2, 0.25) is 0 Å². The van der Waals surface area contributed by atoms with Crippen LogP contribution in [0.15, 0.2) is 84.1 Å². The maximum absolute atomic E-state index is 11.9. The van der Waals surface area contributed by atoms with E-state index in [0.717, 1.165) is 35.0 Å². The van der Waals surface area contributed by atoms with E-state index in [1.165, 1.54) is 0 Å². The van der Waals surface area contributed by atoms with E-state index < -0.39 is 5.41 Å². The lowest BCUT2D eigenvalue weighted by Gasteiger charge is -2.26. The van der Waals surface area contributed by atoms with Crippen LogP contribution in [0.25, 0.3) is 5.57 Å². The lowest BCUT2D eigenvalue weighted by Crippen LogP contribution is -2.25. The smallest absolute Gasteiger partial charge is 0.131 e. The molecule has 0 unspecified atom stereocenters. The monoisotopic (exact) mass is 312 g/mol. The van der Waals surface area contributed by atoms with Crippen molar-refractivity contribution in [2.75, 3.05) is 0 Å². The zero-order chi connectivity index (χ0) is 16.6. The first-order chi connectivity index (χ1) is 11.7. The average molecular weight is 312 g/mol. The number of hydrogen-bond donors (Lipinski definition) is 0. The molecule has 1 fully saturated rings. The van der Waals surface area contributed by atoms with Crippen LogP contribution in [0.3, 0.4) is 0 Å². The predicted octanol–water partition coefficient (Wildman–Crippen LogP) is 5.05. The van der Waals surface area contributed by atoms with E-state index in [9.17, 15) is 4.79 Å². The van der Waals surface area contributed by atoms with Gasteiger partial charge in [0, 0.05) is 11.5 Å². The van der Waals surface area contributed by atoms with Crippen molar-refractivity contribution in [3.8, 4) is 0 Å². The first kappa shape index (κ1) is 14.9. The van der Waals surface area contributed by atoms with E-state index >= 15 is 0 Å². The SMILES string of the molecule is C[C@@]1(C=O)C(=C=C(c2ccccc2)c2ccccc2)[C@@H]2C=C[C@H]1C2. The van der Waals surface area contributed by atoms with Crippen molar-refractivity contribution in [1.29, 1.82) is 0 Å². The van der Waals surface area contributed by atoms with E-state index in [0.29, 0.717) is 11.8 Å². The molecule has 0 spiro atoms. The Bertz CT molecular complexity index is 812. The quantitative estimate of drug-likeness (QED) is 0.440. The Labute approximate surface area is 143 Å². The molecular weight excluding hydrogens is 292 g/mol. The molecule has 0 radical (unpaired) electrons. The molecular formula is C23H20O. The third kappa shape index (κ3) is 2.29. The highest BCUT2D eigenvalue weighted by Gasteiger charge is 2.49. The summed E-state index contributed by atoms with van der Waals surface area (Å²) in [5.74, 6) is 0.655. The van der Waals surface area contributed by atoms with Crippen LogP contribution in [0, 0.1) is 17.3 Å². The first-order valence-corrected chi connectivity index (χ1v) is 8.49. The van der Waals surface area contributed by atoms with Crippen molar-refractivity contribution < 1.29 is 4.79 Å². The fraction of sp³-hybridized carbons (Fsp3) is 0.217. The van der Waals surface area contributed by atoms with Gasteiger partial charge in [0.2, 0.25) is 0 Å². The second kappa shape index (κ2) is 5.78. The summed E-state index contributed by atoms with van der Waals surface area (Å²) in [4.78, 5) is 11.9. The van der Waals surface area contributed by atoms with Crippen molar-refractivity contribution in [2.24, 2.45) is 17.3 Å². The molecule has 2 aromatic rings. The number of allylic oxidation sites excluding steroid dienone is 3. The molecule has 0 amide bonds. The Morgan fingerprint density at radius 2 is 1.58 bits per heavy atom. The van der Waals surface area contributed by atoms with Gasteiger partial charge in [-0.25, -0.2) is 0 Å². The molecule has 1 saturated carbocycles. The van der Waals surface area contributed by atoms with Crippen molar-refractivity contribution in [2.45, 2.75) is 13.3 Å². The standard InChI is InChI=1S/C23H20O/c1-23(16-24)20-13-12-19(14-20)22(23)15-21(17-8-4-2-5-9-17)18-10-6-3-7-11-18/h2-13,16,19-20H,14H2,1H3/t19-,20+,23+/m1/s1. The van der Waals surface area contributed by atoms with Gasteiger partial charge in [0.25, 0.3) is 0 Å². The lowest BCUT2D eigenvalue weighted by atomic mass is 9.75. The summed E-state index contributed by atoms with van der Waals surface area (Å²) in [6.07, 6.45) is 6.60. The lowest BCUT2D eigenvalue weighted by molar-refractivity contribution is -0.114.